The molecule has 0 aromatic heterocycles. The summed E-state index contributed by atoms with van der Waals surface area (Å²) >= 11 is 5.97. The number of Topliss-reactive ketones (excluding diaryl/α,β-unsaturated/α-hetero) is 1. The minimum Gasteiger partial charge on any atom is -0.297 e. The van der Waals surface area contributed by atoms with Crippen molar-refractivity contribution in [2.24, 2.45) is 11.8 Å². The summed E-state index contributed by atoms with van der Waals surface area (Å²) in [6.45, 7) is 7.75. The van der Waals surface area contributed by atoms with E-state index in [1.807, 2.05) is 13.8 Å². The van der Waals surface area contributed by atoms with Crippen molar-refractivity contribution >= 4 is 17.4 Å². The molecule has 0 radical (unpaired) electrons. The monoisotopic (exact) mass is 186 g/mol. The molecule has 3 unspecified atom stereocenters. The van der Waals surface area contributed by atoms with Gasteiger partial charge in [0.05, 0.1) is 5.38 Å². The highest BCUT2D eigenvalue weighted by molar-refractivity contribution is 6.32. The lowest BCUT2D eigenvalue weighted by Crippen LogP contribution is -2.35. The third kappa shape index (κ3) is 1.71. The van der Waals surface area contributed by atoms with Crippen LogP contribution in [0, 0.1) is 11.8 Å². The molecule has 0 amide bonds. The van der Waals surface area contributed by atoms with E-state index in [9.17, 15) is 4.79 Å². The molecule has 2 heteroatoms. The maximum Gasteiger partial charge on any atom is 0.158 e. The third-order valence-electron chi connectivity index (χ3n) is 2.62. The lowest BCUT2D eigenvalue weighted by atomic mass is 9.78. The fourth-order valence-electron chi connectivity index (χ4n) is 1.68. The second-order valence-corrected chi connectivity index (χ2v) is 4.23. The van der Waals surface area contributed by atoms with Crippen molar-refractivity contribution in [1.29, 1.82) is 0 Å². The van der Waals surface area contributed by atoms with Gasteiger partial charge in [-0.1, -0.05) is 19.1 Å². The molecule has 0 aliphatic heterocycles. The molecule has 12 heavy (non-hydrogen) atoms. The number of hydrogen-bond acceptors (Lipinski definition) is 1. The van der Waals surface area contributed by atoms with E-state index in [2.05, 4.69) is 6.58 Å². The van der Waals surface area contributed by atoms with Gasteiger partial charge in [0, 0.05) is 5.92 Å². The molecule has 1 aliphatic carbocycles. The van der Waals surface area contributed by atoms with E-state index in [-0.39, 0.29) is 17.1 Å². The average Bonchev–Trinajstić information content (AvgIpc) is 2.00. The molecule has 1 fully saturated rings. The Bertz CT molecular complexity index is 210. The van der Waals surface area contributed by atoms with E-state index in [0.717, 1.165) is 18.4 Å². The molecule has 0 aromatic rings. The molecular formula is C10H15ClO. The fraction of sp³-hybridized carbons (Fsp3) is 0.700. The van der Waals surface area contributed by atoms with Crippen LogP contribution in [0.1, 0.15) is 26.7 Å². The lowest BCUT2D eigenvalue weighted by molar-refractivity contribution is -0.124. The first-order valence-electron chi connectivity index (χ1n) is 4.37. The molecule has 0 N–H and O–H groups in total. The van der Waals surface area contributed by atoms with Gasteiger partial charge < -0.3 is 0 Å². The van der Waals surface area contributed by atoms with Crippen LogP contribution < -0.4 is 0 Å². The molecule has 0 saturated heterocycles. The Morgan fingerprint density at radius 3 is 2.67 bits per heavy atom. The second-order valence-electron chi connectivity index (χ2n) is 3.76. The van der Waals surface area contributed by atoms with Crippen LogP contribution in [-0.2, 0) is 4.79 Å². The molecule has 1 saturated carbocycles. The SMILES string of the molecule is C=C(C)C1CCC(C)C(Cl)C1=O. The van der Waals surface area contributed by atoms with Crippen LogP contribution >= 0.6 is 11.6 Å². The van der Waals surface area contributed by atoms with Crippen LogP contribution in [0.2, 0.25) is 0 Å². The topological polar surface area (TPSA) is 17.1 Å². The number of carbonyl (C=O) groups excluding carboxylic acids is 1. The maximum atomic E-state index is 11.6. The van der Waals surface area contributed by atoms with Crippen molar-refractivity contribution < 1.29 is 4.79 Å². The first kappa shape index (κ1) is 9.79. The zero-order valence-corrected chi connectivity index (χ0v) is 8.40. The molecule has 0 spiro atoms. The van der Waals surface area contributed by atoms with E-state index in [4.69, 9.17) is 11.6 Å². The summed E-state index contributed by atoms with van der Waals surface area (Å²) in [7, 11) is 0. The minimum atomic E-state index is -0.291. The van der Waals surface area contributed by atoms with E-state index in [1.54, 1.807) is 0 Å². The average molecular weight is 187 g/mol. The van der Waals surface area contributed by atoms with Gasteiger partial charge in [-0.2, -0.15) is 0 Å². The number of hydrogen-bond donors (Lipinski definition) is 0. The van der Waals surface area contributed by atoms with Gasteiger partial charge in [-0.15, -0.1) is 11.6 Å². The number of ketones is 1. The Morgan fingerprint density at radius 1 is 1.58 bits per heavy atom. The lowest BCUT2D eigenvalue weighted by Gasteiger charge is -2.29. The van der Waals surface area contributed by atoms with Crippen molar-refractivity contribution in [3.8, 4) is 0 Å². The first-order valence-corrected chi connectivity index (χ1v) is 4.81. The van der Waals surface area contributed by atoms with Gasteiger partial charge >= 0.3 is 0 Å². The Balaban J connectivity index is 2.72. The van der Waals surface area contributed by atoms with Crippen molar-refractivity contribution in [2.45, 2.75) is 32.1 Å². The molecule has 0 aromatic carbocycles. The number of alkyl halides is 1. The summed E-state index contributed by atoms with van der Waals surface area (Å²) < 4.78 is 0. The quantitative estimate of drug-likeness (QED) is 0.455. The van der Waals surface area contributed by atoms with Crippen molar-refractivity contribution in [3.05, 3.63) is 12.2 Å². The largest absolute Gasteiger partial charge is 0.297 e. The normalized spacial score (nSPS) is 36.6. The fourth-order valence-corrected chi connectivity index (χ4v) is 1.96. The number of rotatable bonds is 1. The molecule has 68 valence electrons. The second kappa shape index (κ2) is 3.61. The van der Waals surface area contributed by atoms with Crippen LogP contribution in [-0.4, -0.2) is 11.2 Å². The van der Waals surface area contributed by atoms with Crippen LogP contribution in [0.15, 0.2) is 12.2 Å². The van der Waals surface area contributed by atoms with Crippen molar-refractivity contribution in [2.75, 3.05) is 0 Å². The van der Waals surface area contributed by atoms with Crippen LogP contribution in [0.4, 0.5) is 0 Å². The maximum absolute atomic E-state index is 11.6. The summed E-state index contributed by atoms with van der Waals surface area (Å²) in [5, 5.41) is -0.291. The zero-order chi connectivity index (χ0) is 9.30. The Hall–Kier alpha value is -0.300. The smallest absolute Gasteiger partial charge is 0.158 e. The summed E-state index contributed by atoms with van der Waals surface area (Å²) in [5.41, 5.74) is 0.956. The molecule has 1 nitrogen and oxygen atoms in total. The van der Waals surface area contributed by atoms with Crippen LogP contribution in [0.25, 0.3) is 0 Å². The van der Waals surface area contributed by atoms with Crippen LogP contribution in [0.3, 0.4) is 0 Å². The summed E-state index contributed by atoms with van der Waals surface area (Å²) in [6, 6.07) is 0. The van der Waals surface area contributed by atoms with Gasteiger partial charge in [-0.3, -0.25) is 4.79 Å². The molecule has 1 aliphatic rings. The minimum absolute atomic E-state index is 0.0173. The Kier molecular flexibility index (Phi) is 2.94. The van der Waals surface area contributed by atoms with Gasteiger partial charge in [0.15, 0.2) is 5.78 Å². The Labute approximate surface area is 78.8 Å². The van der Waals surface area contributed by atoms with E-state index in [0.29, 0.717) is 5.92 Å². The molecule has 3 atom stereocenters. The zero-order valence-electron chi connectivity index (χ0n) is 7.64. The summed E-state index contributed by atoms with van der Waals surface area (Å²) in [6.07, 6.45) is 1.97. The van der Waals surface area contributed by atoms with E-state index in [1.165, 1.54) is 0 Å². The predicted octanol–water partition coefficient (Wildman–Crippen LogP) is 2.79. The standard InChI is InChI=1S/C10H15ClO/c1-6(2)8-5-4-7(3)9(11)10(8)12/h7-9H,1,4-5H2,2-3H3. The van der Waals surface area contributed by atoms with Gasteiger partial charge in [0.25, 0.3) is 0 Å². The van der Waals surface area contributed by atoms with Crippen molar-refractivity contribution in [3.63, 3.8) is 0 Å². The molecule has 0 heterocycles. The van der Waals surface area contributed by atoms with Gasteiger partial charge in [0.1, 0.15) is 0 Å². The first-order chi connectivity index (χ1) is 5.54. The predicted molar refractivity (Wildman–Crippen MR) is 51.4 cm³/mol. The summed E-state index contributed by atoms with van der Waals surface area (Å²) in [4.78, 5) is 11.6. The van der Waals surface area contributed by atoms with Gasteiger partial charge in [-0.25, -0.2) is 0 Å². The number of allylic oxidation sites excluding steroid dienone is 1. The molecule has 1 rings (SSSR count). The van der Waals surface area contributed by atoms with Crippen molar-refractivity contribution in [1.82, 2.24) is 0 Å². The van der Waals surface area contributed by atoms with Gasteiger partial charge in [-0.05, 0) is 25.7 Å². The third-order valence-corrected chi connectivity index (χ3v) is 3.27. The molecule has 0 bridgehead atoms. The van der Waals surface area contributed by atoms with E-state index < -0.39 is 0 Å². The number of carbonyl (C=O) groups is 1. The highest BCUT2D eigenvalue weighted by atomic mass is 35.5. The summed E-state index contributed by atoms with van der Waals surface area (Å²) in [5.74, 6) is 0.515. The van der Waals surface area contributed by atoms with Crippen LogP contribution in [0.5, 0.6) is 0 Å². The van der Waals surface area contributed by atoms with E-state index >= 15 is 0 Å². The Morgan fingerprint density at radius 2 is 2.17 bits per heavy atom. The highest BCUT2D eigenvalue weighted by Gasteiger charge is 2.34. The molecular weight excluding hydrogens is 172 g/mol. The number of halogens is 1. The highest BCUT2D eigenvalue weighted by Crippen LogP contribution is 2.32. The van der Waals surface area contributed by atoms with Gasteiger partial charge in [0.2, 0.25) is 0 Å².